The number of amides is 2. The van der Waals surface area contributed by atoms with Crippen molar-refractivity contribution in [3.05, 3.63) is 24.3 Å². The second-order valence-corrected chi connectivity index (χ2v) is 10.5. The molecule has 0 spiro atoms. The van der Waals surface area contributed by atoms with Crippen LogP contribution in [0.25, 0.3) is 0 Å². The van der Waals surface area contributed by atoms with Gasteiger partial charge in [0.25, 0.3) is 0 Å². The van der Waals surface area contributed by atoms with E-state index in [0.717, 1.165) is 0 Å². The zero-order chi connectivity index (χ0) is 20.2. The normalized spacial score (nSPS) is 20.7. The van der Waals surface area contributed by atoms with Gasteiger partial charge in [0.1, 0.15) is 0 Å². The fraction of sp³-hybridized carbons (Fsp3) is 0.579. The highest BCUT2D eigenvalue weighted by atomic mass is 32.2. The number of sulfonamides is 1. The van der Waals surface area contributed by atoms with Gasteiger partial charge in [-0.05, 0) is 70.7 Å². The molecule has 8 heteroatoms. The predicted octanol–water partition coefficient (Wildman–Crippen LogP) is 2.86. The van der Waals surface area contributed by atoms with Gasteiger partial charge < -0.3 is 10.6 Å². The van der Waals surface area contributed by atoms with Crippen molar-refractivity contribution in [2.75, 3.05) is 10.6 Å². The van der Waals surface area contributed by atoms with Crippen LogP contribution in [0.2, 0.25) is 0 Å². The van der Waals surface area contributed by atoms with Crippen LogP contribution in [0.15, 0.2) is 24.3 Å². The summed E-state index contributed by atoms with van der Waals surface area (Å²) in [5.41, 5.74) is 1.34. The van der Waals surface area contributed by atoms with Gasteiger partial charge in [-0.25, -0.2) is 13.1 Å². The quantitative estimate of drug-likeness (QED) is 0.713. The van der Waals surface area contributed by atoms with E-state index in [0.29, 0.717) is 37.1 Å². The highest BCUT2D eigenvalue weighted by Crippen LogP contribution is 2.27. The Morgan fingerprint density at radius 3 is 1.85 bits per heavy atom. The van der Waals surface area contributed by atoms with Crippen LogP contribution in [-0.4, -0.2) is 31.0 Å². The highest BCUT2D eigenvalue weighted by Gasteiger charge is 2.34. The van der Waals surface area contributed by atoms with Gasteiger partial charge in [-0.15, -0.1) is 0 Å². The van der Waals surface area contributed by atoms with Gasteiger partial charge >= 0.3 is 0 Å². The van der Waals surface area contributed by atoms with E-state index >= 15 is 0 Å². The van der Waals surface area contributed by atoms with Gasteiger partial charge in [0.05, 0.1) is 4.75 Å². The molecule has 0 saturated heterocycles. The lowest BCUT2D eigenvalue weighted by atomic mass is 9.86. The molecule has 0 aromatic heterocycles. The Labute approximate surface area is 161 Å². The van der Waals surface area contributed by atoms with Crippen LogP contribution in [0, 0.1) is 5.92 Å². The fourth-order valence-corrected chi connectivity index (χ4v) is 3.98. The van der Waals surface area contributed by atoms with Gasteiger partial charge in [0.15, 0.2) is 0 Å². The molecule has 3 N–H and O–H groups in total. The standard InChI is InChI=1S/C19H29N3O4S/c1-13(23)20-15-9-11-16(12-10-15)21-18(24)14-5-7-17(8-6-14)22-27(25,26)19(2,3)4/h9-12,14,17,22H,5-8H2,1-4H3,(H,20,23)(H,21,24). The Bertz CT molecular complexity index is 774. The number of rotatable bonds is 5. The average molecular weight is 396 g/mol. The summed E-state index contributed by atoms with van der Waals surface area (Å²) in [6.07, 6.45) is 2.59. The third-order valence-electron chi connectivity index (χ3n) is 4.70. The molecule has 0 heterocycles. The summed E-state index contributed by atoms with van der Waals surface area (Å²) in [6, 6.07) is 6.83. The Balaban J connectivity index is 1.85. The van der Waals surface area contributed by atoms with Crippen LogP contribution in [0.1, 0.15) is 53.4 Å². The molecule has 1 aromatic carbocycles. The first-order valence-corrected chi connectivity index (χ1v) is 10.7. The van der Waals surface area contributed by atoms with Crippen molar-refractivity contribution in [3.8, 4) is 0 Å². The lowest BCUT2D eigenvalue weighted by Crippen LogP contribution is -2.46. The zero-order valence-corrected chi connectivity index (χ0v) is 17.2. The molecule has 0 bridgehead atoms. The van der Waals surface area contributed by atoms with Crippen LogP contribution >= 0.6 is 0 Å². The number of carbonyl (C=O) groups excluding carboxylic acids is 2. The first-order chi connectivity index (χ1) is 12.5. The lowest BCUT2D eigenvalue weighted by Gasteiger charge is -2.30. The Morgan fingerprint density at radius 2 is 1.41 bits per heavy atom. The van der Waals surface area contributed by atoms with Gasteiger partial charge in [-0.3, -0.25) is 9.59 Å². The number of benzene rings is 1. The fourth-order valence-electron chi connectivity index (χ4n) is 2.95. The Morgan fingerprint density at radius 1 is 0.926 bits per heavy atom. The molecule has 0 atom stereocenters. The summed E-state index contributed by atoms with van der Waals surface area (Å²) in [5, 5.41) is 5.56. The van der Waals surface area contributed by atoms with Gasteiger partial charge in [0.2, 0.25) is 21.8 Å². The van der Waals surface area contributed by atoms with Gasteiger partial charge in [0, 0.05) is 30.3 Å². The zero-order valence-electron chi connectivity index (χ0n) is 16.3. The molecule has 0 radical (unpaired) electrons. The van der Waals surface area contributed by atoms with Crippen molar-refractivity contribution in [3.63, 3.8) is 0 Å². The van der Waals surface area contributed by atoms with Crippen molar-refractivity contribution >= 4 is 33.2 Å². The van der Waals surface area contributed by atoms with E-state index in [2.05, 4.69) is 15.4 Å². The number of hydrogen-bond acceptors (Lipinski definition) is 4. The molecule has 1 aliphatic rings. The summed E-state index contributed by atoms with van der Waals surface area (Å²) in [5.74, 6) is -0.333. The minimum atomic E-state index is -3.38. The van der Waals surface area contributed by atoms with Crippen LogP contribution in [-0.2, 0) is 19.6 Å². The summed E-state index contributed by atoms with van der Waals surface area (Å²) < 4.78 is 26.4. The molecule has 0 aliphatic heterocycles. The minimum Gasteiger partial charge on any atom is -0.326 e. The molecule has 1 aromatic rings. The van der Waals surface area contributed by atoms with Gasteiger partial charge in [-0.2, -0.15) is 0 Å². The van der Waals surface area contributed by atoms with Crippen molar-refractivity contribution in [1.29, 1.82) is 0 Å². The second kappa shape index (κ2) is 8.39. The van der Waals surface area contributed by atoms with Crippen molar-refractivity contribution < 1.29 is 18.0 Å². The van der Waals surface area contributed by atoms with Crippen molar-refractivity contribution in [1.82, 2.24) is 4.72 Å². The van der Waals surface area contributed by atoms with E-state index in [1.54, 1.807) is 45.0 Å². The number of nitrogens with one attached hydrogen (secondary N) is 3. The maximum absolute atomic E-state index is 12.5. The molecule has 7 nitrogen and oxygen atoms in total. The van der Waals surface area contributed by atoms with E-state index in [-0.39, 0.29) is 23.8 Å². The van der Waals surface area contributed by atoms with Crippen LogP contribution < -0.4 is 15.4 Å². The molecule has 150 valence electrons. The molecule has 2 amide bonds. The number of anilines is 2. The smallest absolute Gasteiger partial charge is 0.227 e. The largest absolute Gasteiger partial charge is 0.326 e. The minimum absolute atomic E-state index is 0.0561. The Hall–Kier alpha value is -1.93. The topological polar surface area (TPSA) is 104 Å². The Kier molecular flexibility index (Phi) is 6.64. The third-order valence-corrected chi connectivity index (χ3v) is 6.95. The summed E-state index contributed by atoms with van der Waals surface area (Å²) in [7, 11) is -3.38. The summed E-state index contributed by atoms with van der Waals surface area (Å²) >= 11 is 0. The highest BCUT2D eigenvalue weighted by molar-refractivity contribution is 7.90. The first kappa shape index (κ1) is 21.4. The summed E-state index contributed by atoms with van der Waals surface area (Å²) in [4.78, 5) is 23.5. The van der Waals surface area contributed by atoms with E-state index in [1.807, 2.05) is 0 Å². The molecule has 27 heavy (non-hydrogen) atoms. The second-order valence-electron chi connectivity index (χ2n) is 8.03. The lowest BCUT2D eigenvalue weighted by molar-refractivity contribution is -0.120. The van der Waals surface area contributed by atoms with E-state index < -0.39 is 14.8 Å². The molecule has 2 rings (SSSR count). The van der Waals surface area contributed by atoms with E-state index in [1.165, 1.54) is 6.92 Å². The van der Waals surface area contributed by atoms with E-state index in [4.69, 9.17) is 0 Å². The van der Waals surface area contributed by atoms with Crippen LogP contribution in [0.3, 0.4) is 0 Å². The van der Waals surface area contributed by atoms with Crippen LogP contribution in [0.4, 0.5) is 11.4 Å². The predicted molar refractivity (Wildman–Crippen MR) is 107 cm³/mol. The van der Waals surface area contributed by atoms with Crippen molar-refractivity contribution in [2.24, 2.45) is 5.92 Å². The first-order valence-electron chi connectivity index (χ1n) is 9.18. The molecular formula is C19H29N3O4S. The molecule has 1 aliphatic carbocycles. The number of hydrogen-bond donors (Lipinski definition) is 3. The van der Waals surface area contributed by atoms with Crippen molar-refractivity contribution in [2.45, 2.75) is 64.2 Å². The molecule has 1 saturated carbocycles. The monoisotopic (exact) mass is 395 g/mol. The maximum Gasteiger partial charge on any atom is 0.227 e. The summed E-state index contributed by atoms with van der Waals surface area (Å²) in [6.45, 7) is 6.45. The third kappa shape index (κ3) is 6.04. The molecular weight excluding hydrogens is 366 g/mol. The molecule has 1 fully saturated rings. The van der Waals surface area contributed by atoms with Crippen LogP contribution in [0.5, 0.6) is 0 Å². The molecule has 0 unspecified atom stereocenters. The maximum atomic E-state index is 12.5. The average Bonchev–Trinajstić information content (AvgIpc) is 2.55. The van der Waals surface area contributed by atoms with Gasteiger partial charge in [-0.1, -0.05) is 0 Å². The van der Waals surface area contributed by atoms with E-state index in [9.17, 15) is 18.0 Å². The number of carbonyl (C=O) groups is 2. The SMILES string of the molecule is CC(=O)Nc1ccc(NC(=O)C2CCC(NS(=O)(=O)C(C)(C)C)CC2)cc1.